The third-order valence-corrected chi connectivity index (χ3v) is 4.32. The van der Waals surface area contributed by atoms with E-state index in [0.717, 1.165) is 24.2 Å². The fraction of sp³-hybridized carbons (Fsp3) is 0.292. The molecule has 2 aromatic rings. The van der Waals surface area contributed by atoms with E-state index in [9.17, 15) is 4.79 Å². The highest BCUT2D eigenvalue weighted by Crippen LogP contribution is 2.26. The molecule has 1 fully saturated rings. The van der Waals surface area contributed by atoms with E-state index in [1.165, 1.54) is 14.2 Å². The first-order valence-corrected chi connectivity index (χ1v) is 9.83. The zero-order valence-electron chi connectivity index (χ0n) is 17.8. The van der Waals surface area contributed by atoms with Crippen LogP contribution in [-0.2, 0) is 25.8 Å². The number of methoxy groups -OCH3 is 1. The summed E-state index contributed by atoms with van der Waals surface area (Å²) in [5, 5.41) is 7.82. The summed E-state index contributed by atoms with van der Waals surface area (Å²) in [4.78, 5) is 22.2. The van der Waals surface area contributed by atoms with Crippen molar-refractivity contribution in [2.24, 2.45) is 10.3 Å². The van der Waals surface area contributed by atoms with Crippen LogP contribution in [0.25, 0.3) is 0 Å². The van der Waals surface area contributed by atoms with Crippen molar-refractivity contribution in [2.45, 2.75) is 32.5 Å². The summed E-state index contributed by atoms with van der Waals surface area (Å²) in [6.07, 6.45) is 2.63. The fourth-order valence-corrected chi connectivity index (χ4v) is 2.64. The topological polar surface area (TPSA) is 78.7 Å². The Hall–Kier alpha value is -3.79. The van der Waals surface area contributed by atoms with Gasteiger partial charge < -0.3 is 19.1 Å². The van der Waals surface area contributed by atoms with Gasteiger partial charge in [-0.3, -0.25) is 0 Å². The molecule has 0 saturated heterocycles. The molecule has 2 aromatic carbocycles. The van der Waals surface area contributed by atoms with Crippen LogP contribution in [0.5, 0.6) is 5.75 Å². The van der Waals surface area contributed by atoms with Crippen molar-refractivity contribution in [2.75, 3.05) is 14.2 Å². The van der Waals surface area contributed by atoms with Crippen molar-refractivity contribution >= 4 is 17.4 Å². The van der Waals surface area contributed by atoms with Crippen molar-refractivity contribution in [3.63, 3.8) is 0 Å². The predicted octanol–water partition coefficient (Wildman–Crippen LogP) is 3.70. The molecule has 0 radical (unpaired) electrons. The third-order valence-electron chi connectivity index (χ3n) is 4.32. The van der Waals surface area contributed by atoms with Crippen LogP contribution >= 0.6 is 0 Å². The van der Waals surface area contributed by atoms with E-state index in [0.29, 0.717) is 22.9 Å². The SMILES string of the molecule is CO/N=C(/C(=O)OC)c1ccccc1CO/N=C(\C)C#Cc1ccc(OC2CC2)cc1. The van der Waals surface area contributed by atoms with Crippen LogP contribution in [0.2, 0.25) is 0 Å². The van der Waals surface area contributed by atoms with Gasteiger partial charge in [0.05, 0.1) is 13.2 Å². The second-order valence-corrected chi connectivity index (χ2v) is 6.81. The maximum Gasteiger partial charge on any atom is 0.360 e. The molecule has 1 aliphatic carbocycles. The minimum atomic E-state index is -0.603. The average molecular weight is 420 g/mol. The molecule has 0 aromatic heterocycles. The molecule has 0 N–H and O–H groups in total. The lowest BCUT2D eigenvalue weighted by molar-refractivity contribution is -0.132. The summed E-state index contributed by atoms with van der Waals surface area (Å²) in [5.41, 5.74) is 2.69. The van der Waals surface area contributed by atoms with Crippen LogP contribution in [0.3, 0.4) is 0 Å². The summed E-state index contributed by atoms with van der Waals surface area (Å²) in [6.45, 7) is 1.89. The number of hydrogen-bond donors (Lipinski definition) is 0. The number of benzene rings is 2. The first kappa shape index (κ1) is 21.9. The molecule has 3 rings (SSSR count). The molecule has 31 heavy (non-hydrogen) atoms. The predicted molar refractivity (Wildman–Crippen MR) is 117 cm³/mol. The molecule has 0 bridgehead atoms. The van der Waals surface area contributed by atoms with Crippen LogP contribution < -0.4 is 4.74 Å². The maximum absolute atomic E-state index is 12.0. The Balaban J connectivity index is 1.62. The minimum Gasteiger partial charge on any atom is -0.490 e. The van der Waals surface area contributed by atoms with Crippen molar-refractivity contribution in [3.8, 4) is 17.6 Å². The number of rotatable bonds is 8. The van der Waals surface area contributed by atoms with Gasteiger partial charge in [-0.1, -0.05) is 40.5 Å². The fourth-order valence-electron chi connectivity index (χ4n) is 2.64. The smallest absolute Gasteiger partial charge is 0.360 e. The lowest BCUT2D eigenvalue weighted by Crippen LogP contribution is -2.19. The largest absolute Gasteiger partial charge is 0.490 e. The molecule has 0 aliphatic heterocycles. The molecule has 0 atom stereocenters. The van der Waals surface area contributed by atoms with Crippen LogP contribution in [-0.4, -0.2) is 37.7 Å². The van der Waals surface area contributed by atoms with Gasteiger partial charge in [0, 0.05) is 16.7 Å². The molecule has 7 heteroatoms. The Morgan fingerprint density at radius 3 is 2.48 bits per heavy atom. The van der Waals surface area contributed by atoms with Gasteiger partial charge in [-0.05, 0) is 50.0 Å². The quantitative estimate of drug-likeness (QED) is 0.282. The van der Waals surface area contributed by atoms with Crippen molar-refractivity contribution < 1.29 is 23.9 Å². The Kier molecular flexibility index (Phi) is 7.66. The number of carbonyl (C=O) groups is 1. The Morgan fingerprint density at radius 2 is 1.81 bits per heavy atom. The number of ether oxygens (including phenoxy) is 2. The lowest BCUT2D eigenvalue weighted by Gasteiger charge is -2.09. The number of nitrogens with zero attached hydrogens (tertiary/aromatic N) is 2. The highest BCUT2D eigenvalue weighted by atomic mass is 16.6. The van der Waals surface area contributed by atoms with Crippen molar-refractivity contribution in [3.05, 3.63) is 65.2 Å². The normalized spacial score (nSPS) is 13.6. The van der Waals surface area contributed by atoms with E-state index in [1.807, 2.05) is 36.4 Å². The summed E-state index contributed by atoms with van der Waals surface area (Å²) in [5.74, 6) is 6.27. The first-order chi connectivity index (χ1) is 15.1. The molecular weight excluding hydrogens is 396 g/mol. The minimum absolute atomic E-state index is 0.0544. The monoisotopic (exact) mass is 420 g/mol. The summed E-state index contributed by atoms with van der Waals surface area (Å²) in [7, 11) is 2.65. The van der Waals surface area contributed by atoms with E-state index >= 15 is 0 Å². The maximum atomic E-state index is 12.0. The Labute approximate surface area is 181 Å². The molecule has 0 spiro atoms. The standard InChI is InChI=1S/C24H24N2O5/c1-17(8-9-18-10-12-20(13-11-18)31-21-14-15-21)25-30-16-19-6-4-5-7-22(19)23(26-29-3)24(27)28-2/h4-7,10-13,21H,14-16H2,1-3H3/b25-17+,26-23+. The van der Waals surface area contributed by atoms with Gasteiger partial charge in [-0.15, -0.1) is 0 Å². The lowest BCUT2D eigenvalue weighted by atomic mass is 10.0. The molecule has 0 heterocycles. The Bertz CT molecular complexity index is 1030. The molecule has 1 saturated carbocycles. The van der Waals surface area contributed by atoms with Crippen LogP contribution in [0.4, 0.5) is 0 Å². The van der Waals surface area contributed by atoms with E-state index in [1.54, 1.807) is 19.1 Å². The summed E-state index contributed by atoms with van der Waals surface area (Å²) < 4.78 is 10.5. The highest BCUT2D eigenvalue weighted by Gasteiger charge is 2.23. The third kappa shape index (κ3) is 6.61. The first-order valence-electron chi connectivity index (χ1n) is 9.83. The number of oxime groups is 2. The molecule has 0 unspecified atom stereocenters. The summed E-state index contributed by atoms with van der Waals surface area (Å²) in [6, 6.07) is 14.8. The van der Waals surface area contributed by atoms with Crippen molar-refractivity contribution in [1.82, 2.24) is 0 Å². The van der Waals surface area contributed by atoms with Gasteiger partial charge in [0.1, 0.15) is 25.2 Å². The van der Waals surface area contributed by atoms with Crippen LogP contribution in [0.1, 0.15) is 36.5 Å². The molecule has 7 nitrogen and oxygen atoms in total. The van der Waals surface area contributed by atoms with Gasteiger partial charge in [-0.25, -0.2) is 4.79 Å². The van der Waals surface area contributed by atoms with E-state index < -0.39 is 5.97 Å². The number of esters is 1. The second-order valence-electron chi connectivity index (χ2n) is 6.81. The van der Waals surface area contributed by atoms with Gasteiger partial charge in [0.15, 0.2) is 5.71 Å². The van der Waals surface area contributed by atoms with Crippen LogP contribution in [0.15, 0.2) is 58.8 Å². The molecule has 1 aliphatic rings. The van der Waals surface area contributed by atoms with Gasteiger partial charge in [-0.2, -0.15) is 0 Å². The van der Waals surface area contributed by atoms with E-state index in [2.05, 4.69) is 22.2 Å². The van der Waals surface area contributed by atoms with Gasteiger partial charge in [0.25, 0.3) is 0 Å². The molecule has 160 valence electrons. The zero-order chi connectivity index (χ0) is 22.1. The highest BCUT2D eigenvalue weighted by molar-refractivity contribution is 6.43. The van der Waals surface area contributed by atoms with Crippen LogP contribution in [0, 0.1) is 11.8 Å². The summed E-state index contributed by atoms with van der Waals surface area (Å²) >= 11 is 0. The van der Waals surface area contributed by atoms with Gasteiger partial charge in [0.2, 0.25) is 0 Å². The van der Waals surface area contributed by atoms with Gasteiger partial charge >= 0.3 is 5.97 Å². The number of carbonyl (C=O) groups excluding carboxylic acids is 1. The van der Waals surface area contributed by atoms with E-state index in [-0.39, 0.29) is 12.3 Å². The van der Waals surface area contributed by atoms with Crippen molar-refractivity contribution in [1.29, 1.82) is 0 Å². The van der Waals surface area contributed by atoms with E-state index in [4.69, 9.17) is 19.1 Å². The molecular formula is C24H24N2O5. The Morgan fingerprint density at radius 1 is 1.06 bits per heavy atom. The molecule has 0 amide bonds. The average Bonchev–Trinajstić information content (AvgIpc) is 3.61. The second kappa shape index (κ2) is 10.8. The number of hydrogen-bond acceptors (Lipinski definition) is 7. The zero-order valence-corrected chi connectivity index (χ0v) is 17.8.